The van der Waals surface area contributed by atoms with Crippen LogP contribution in [0.3, 0.4) is 0 Å². The number of hydrogen-bond acceptors (Lipinski definition) is 4. The molecule has 2 rings (SSSR count). The van der Waals surface area contributed by atoms with E-state index in [4.69, 9.17) is 21.4 Å². The van der Waals surface area contributed by atoms with Gasteiger partial charge in [-0.15, -0.1) is 0 Å². The molecule has 0 spiro atoms. The van der Waals surface area contributed by atoms with Gasteiger partial charge in [0.1, 0.15) is 17.0 Å². The van der Waals surface area contributed by atoms with Crippen LogP contribution in [-0.4, -0.2) is 29.1 Å². The minimum absolute atomic E-state index is 0.202. The predicted octanol–water partition coefficient (Wildman–Crippen LogP) is 3.68. The van der Waals surface area contributed by atoms with Crippen molar-refractivity contribution in [3.05, 3.63) is 40.6 Å². The second kappa shape index (κ2) is 7.10. The molecule has 6 heteroatoms. The standard InChI is InChI=1S/C16H16ClN3O2/c1-3-20(10-6-9-18)16(21)14-11(2)22-19-15(14)12-7-4-5-8-13(12)17/h4-5,7-8H,3,6,10H2,1-2H3. The van der Waals surface area contributed by atoms with Crippen molar-refractivity contribution in [2.24, 2.45) is 0 Å². The van der Waals surface area contributed by atoms with E-state index in [1.165, 1.54) is 0 Å². The Bertz CT molecular complexity index is 718. The van der Waals surface area contributed by atoms with Gasteiger partial charge in [-0.1, -0.05) is 35.0 Å². The first-order chi connectivity index (χ1) is 10.6. The first-order valence-electron chi connectivity index (χ1n) is 6.97. The summed E-state index contributed by atoms with van der Waals surface area (Å²) in [5, 5.41) is 13.2. The van der Waals surface area contributed by atoms with Crippen molar-refractivity contribution in [2.45, 2.75) is 20.3 Å². The minimum Gasteiger partial charge on any atom is -0.360 e. The number of aryl methyl sites for hydroxylation is 1. The molecule has 0 N–H and O–H groups in total. The summed E-state index contributed by atoms with van der Waals surface area (Å²) in [5.41, 5.74) is 1.48. The van der Waals surface area contributed by atoms with Crippen molar-refractivity contribution in [1.29, 1.82) is 5.26 Å². The summed E-state index contributed by atoms with van der Waals surface area (Å²) in [5.74, 6) is 0.238. The number of amides is 1. The van der Waals surface area contributed by atoms with Gasteiger partial charge in [0.25, 0.3) is 5.91 Å². The van der Waals surface area contributed by atoms with Crippen LogP contribution in [0.25, 0.3) is 11.3 Å². The lowest BCUT2D eigenvalue weighted by Crippen LogP contribution is -2.32. The zero-order valence-electron chi connectivity index (χ0n) is 12.5. The van der Waals surface area contributed by atoms with E-state index in [0.29, 0.717) is 40.7 Å². The normalized spacial score (nSPS) is 10.3. The Balaban J connectivity index is 2.44. The topological polar surface area (TPSA) is 70.1 Å². The number of halogens is 1. The summed E-state index contributed by atoms with van der Waals surface area (Å²) in [6.45, 7) is 4.44. The first kappa shape index (κ1) is 16.1. The maximum Gasteiger partial charge on any atom is 0.259 e. The predicted molar refractivity (Wildman–Crippen MR) is 83.5 cm³/mol. The molecule has 0 saturated heterocycles. The maximum absolute atomic E-state index is 12.7. The SMILES string of the molecule is CCN(CCC#N)C(=O)c1c(-c2ccccc2Cl)noc1C. The lowest BCUT2D eigenvalue weighted by Gasteiger charge is -2.19. The van der Waals surface area contributed by atoms with Gasteiger partial charge in [-0.05, 0) is 19.9 Å². The van der Waals surface area contributed by atoms with Gasteiger partial charge in [0.2, 0.25) is 0 Å². The van der Waals surface area contributed by atoms with Crippen LogP contribution in [0, 0.1) is 18.3 Å². The molecule has 0 atom stereocenters. The lowest BCUT2D eigenvalue weighted by molar-refractivity contribution is 0.0766. The van der Waals surface area contributed by atoms with Gasteiger partial charge >= 0.3 is 0 Å². The van der Waals surface area contributed by atoms with Crippen LogP contribution >= 0.6 is 11.6 Å². The molecule has 1 heterocycles. The van der Waals surface area contributed by atoms with Crippen LogP contribution in [0.2, 0.25) is 5.02 Å². The van der Waals surface area contributed by atoms with Gasteiger partial charge in [-0.2, -0.15) is 5.26 Å². The largest absolute Gasteiger partial charge is 0.360 e. The number of carbonyl (C=O) groups excluding carboxylic acids is 1. The third kappa shape index (κ3) is 3.12. The fourth-order valence-corrected chi connectivity index (χ4v) is 2.43. The summed E-state index contributed by atoms with van der Waals surface area (Å²) >= 11 is 6.19. The van der Waals surface area contributed by atoms with E-state index in [1.54, 1.807) is 24.0 Å². The summed E-state index contributed by atoms with van der Waals surface area (Å²) in [6, 6.07) is 9.22. The van der Waals surface area contributed by atoms with E-state index in [1.807, 2.05) is 25.1 Å². The highest BCUT2D eigenvalue weighted by Gasteiger charge is 2.26. The quantitative estimate of drug-likeness (QED) is 0.843. The molecule has 0 fully saturated rings. The van der Waals surface area contributed by atoms with Gasteiger partial charge in [-0.3, -0.25) is 4.79 Å². The van der Waals surface area contributed by atoms with Crippen molar-refractivity contribution >= 4 is 17.5 Å². The number of nitrogens with zero attached hydrogens (tertiary/aromatic N) is 3. The summed E-state index contributed by atoms with van der Waals surface area (Å²) < 4.78 is 5.20. The lowest BCUT2D eigenvalue weighted by atomic mass is 10.0. The molecule has 5 nitrogen and oxygen atoms in total. The van der Waals surface area contributed by atoms with E-state index < -0.39 is 0 Å². The van der Waals surface area contributed by atoms with Crippen molar-refractivity contribution in [3.63, 3.8) is 0 Å². The van der Waals surface area contributed by atoms with Crippen molar-refractivity contribution < 1.29 is 9.32 Å². The number of nitriles is 1. The van der Waals surface area contributed by atoms with Gasteiger partial charge in [0, 0.05) is 18.7 Å². The molecule has 0 radical (unpaired) electrons. The van der Waals surface area contributed by atoms with Crippen LogP contribution in [0.1, 0.15) is 29.5 Å². The molecule has 22 heavy (non-hydrogen) atoms. The van der Waals surface area contributed by atoms with Gasteiger partial charge in [0.05, 0.1) is 17.5 Å². The highest BCUT2D eigenvalue weighted by atomic mass is 35.5. The molecule has 0 aliphatic carbocycles. The van der Waals surface area contributed by atoms with E-state index in [0.717, 1.165) is 0 Å². The van der Waals surface area contributed by atoms with Crippen LogP contribution in [0.15, 0.2) is 28.8 Å². The van der Waals surface area contributed by atoms with E-state index in [2.05, 4.69) is 5.16 Å². The maximum atomic E-state index is 12.7. The van der Waals surface area contributed by atoms with E-state index in [-0.39, 0.29) is 12.3 Å². The molecule has 1 amide bonds. The van der Waals surface area contributed by atoms with Crippen LogP contribution in [0.4, 0.5) is 0 Å². The Morgan fingerprint density at radius 2 is 2.18 bits per heavy atom. The van der Waals surface area contributed by atoms with Crippen molar-refractivity contribution in [2.75, 3.05) is 13.1 Å². The van der Waals surface area contributed by atoms with Gasteiger partial charge < -0.3 is 9.42 Å². The Morgan fingerprint density at radius 3 is 2.82 bits per heavy atom. The monoisotopic (exact) mass is 317 g/mol. The van der Waals surface area contributed by atoms with Crippen LogP contribution < -0.4 is 0 Å². The molecule has 0 aliphatic heterocycles. The number of carbonyl (C=O) groups is 1. The smallest absolute Gasteiger partial charge is 0.259 e. The minimum atomic E-state index is -0.202. The van der Waals surface area contributed by atoms with Crippen LogP contribution in [0.5, 0.6) is 0 Å². The zero-order chi connectivity index (χ0) is 16.1. The summed E-state index contributed by atoms with van der Waals surface area (Å²) in [7, 11) is 0. The Hall–Kier alpha value is -2.32. The average molecular weight is 318 g/mol. The van der Waals surface area contributed by atoms with Crippen molar-refractivity contribution in [3.8, 4) is 17.3 Å². The molecule has 0 unspecified atom stereocenters. The van der Waals surface area contributed by atoms with Crippen LogP contribution in [-0.2, 0) is 0 Å². The number of benzene rings is 1. The molecular formula is C16H16ClN3O2. The van der Waals surface area contributed by atoms with Gasteiger partial charge in [-0.25, -0.2) is 0 Å². The molecule has 114 valence electrons. The molecule has 1 aromatic carbocycles. The highest BCUT2D eigenvalue weighted by molar-refractivity contribution is 6.33. The molecule has 0 bridgehead atoms. The molecule has 0 saturated carbocycles. The molecule has 1 aromatic heterocycles. The molecule has 0 aliphatic rings. The fraction of sp³-hybridized carbons (Fsp3) is 0.312. The second-order valence-corrected chi connectivity index (χ2v) is 5.14. The summed E-state index contributed by atoms with van der Waals surface area (Å²) in [4.78, 5) is 14.3. The van der Waals surface area contributed by atoms with E-state index in [9.17, 15) is 4.79 Å². The molecular weight excluding hydrogens is 302 g/mol. The second-order valence-electron chi connectivity index (χ2n) is 4.74. The molecule has 2 aromatic rings. The number of hydrogen-bond donors (Lipinski definition) is 0. The Labute approximate surface area is 134 Å². The third-order valence-corrected chi connectivity index (χ3v) is 3.70. The van der Waals surface area contributed by atoms with Crippen molar-refractivity contribution in [1.82, 2.24) is 10.1 Å². The summed E-state index contributed by atoms with van der Waals surface area (Å²) in [6.07, 6.45) is 0.283. The first-order valence-corrected chi connectivity index (χ1v) is 7.35. The van der Waals surface area contributed by atoms with Gasteiger partial charge in [0.15, 0.2) is 0 Å². The zero-order valence-corrected chi connectivity index (χ0v) is 13.2. The highest BCUT2D eigenvalue weighted by Crippen LogP contribution is 2.31. The third-order valence-electron chi connectivity index (χ3n) is 3.37. The Kier molecular flexibility index (Phi) is 5.18. The fourth-order valence-electron chi connectivity index (χ4n) is 2.21. The Morgan fingerprint density at radius 1 is 1.45 bits per heavy atom. The van der Waals surface area contributed by atoms with E-state index >= 15 is 0 Å². The average Bonchev–Trinajstić information content (AvgIpc) is 2.89. The number of aromatic nitrogens is 1. The number of rotatable bonds is 5.